The summed E-state index contributed by atoms with van der Waals surface area (Å²) in [5, 5.41) is 11.6. The molecule has 0 aromatic heterocycles. The zero-order chi connectivity index (χ0) is 14.4. The lowest BCUT2D eigenvalue weighted by Gasteiger charge is -2.12. The van der Waals surface area contributed by atoms with Crippen molar-refractivity contribution in [2.75, 3.05) is 0 Å². The molecular weight excluding hydrogens is 272 g/mol. The van der Waals surface area contributed by atoms with Gasteiger partial charge in [0.25, 0.3) is 0 Å². The molecular formula is C12H13ClN2O4. The number of halogens is 1. The van der Waals surface area contributed by atoms with Crippen LogP contribution in [0.3, 0.4) is 0 Å². The molecule has 2 amide bonds. The standard InChI is InChI=1S/C12H13ClN2O4/c13-8-3-1-2-7(4-8)5-11(17)15-9(12(18)19)6-10(14)16/h1-4,9H,5-6H2,(H2,14,16)(H,15,17)(H,18,19). The lowest BCUT2D eigenvalue weighted by molar-refractivity contribution is -0.143. The summed E-state index contributed by atoms with van der Waals surface area (Å²) in [5.74, 6) is -2.62. The lowest BCUT2D eigenvalue weighted by Crippen LogP contribution is -2.43. The van der Waals surface area contributed by atoms with E-state index in [4.69, 9.17) is 22.4 Å². The van der Waals surface area contributed by atoms with E-state index in [1.807, 2.05) is 0 Å². The van der Waals surface area contributed by atoms with E-state index in [0.29, 0.717) is 10.6 Å². The predicted molar refractivity (Wildman–Crippen MR) is 68.5 cm³/mol. The normalized spacial score (nSPS) is 11.6. The van der Waals surface area contributed by atoms with E-state index in [9.17, 15) is 14.4 Å². The summed E-state index contributed by atoms with van der Waals surface area (Å²) >= 11 is 5.77. The van der Waals surface area contributed by atoms with E-state index in [1.165, 1.54) is 0 Å². The third-order valence-electron chi connectivity index (χ3n) is 2.29. The van der Waals surface area contributed by atoms with E-state index in [0.717, 1.165) is 0 Å². The van der Waals surface area contributed by atoms with Gasteiger partial charge in [-0.05, 0) is 17.7 Å². The van der Waals surface area contributed by atoms with Crippen LogP contribution in [-0.4, -0.2) is 28.9 Å². The number of carboxylic acids is 1. The minimum absolute atomic E-state index is 0.0247. The first-order valence-electron chi connectivity index (χ1n) is 5.43. The van der Waals surface area contributed by atoms with Gasteiger partial charge in [-0.15, -0.1) is 0 Å². The third kappa shape index (κ3) is 5.39. The highest BCUT2D eigenvalue weighted by molar-refractivity contribution is 6.30. The average Bonchev–Trinajstić information content (AvgIpc) is 2.27. The van der Waals surface area contributed by atoms with Crippen LogP contribution in [0.2, 0.25) is 5.02 Å². The van der Waals surface area contributed by atoms with E-state index in [-0.39, 0.29) is 6.42 Å². The number of primary amides is 1. The third-order valence-corrected chi connectivity index (χ3v) is 2.53. The maximum absolute atomic E-state index is 11.7. The van der Waals surface area contributed by atoms with Crippen LogP contribution in [0.5, 0.6) is 0 Å². The van der Waals surface area contributed by atoms with Gasteiger partial charge in [-0.25, -0.2) is 4.79 Å². The highest BCUT2D eigenvalue weighted by Gasteiger charge is 2.21. The molecule has 1 aromatic carbocycles. The second-order valence-electron chi connectivity index (χ2n) is 3.94. The van der Waals surface area contributed by atoms with Crippen LogP contribution in [0, 0.1) is 0 Å². The summed E-state index contributed by atoms with van der Waals surface area (Å²) in [5.41, 5.74) is 5.55. The fourth-order valence-corrected chi connectivity index (χ4v) is 1.69. The molecule has 0 aliphatic rings. The monoisotopic (exact) mass is 284 g/mol. The number of hydrogen-bond donors (Lipinski definition) is 3. The first-order chi connectivity index (χ1) is 8.88. The molecule has 0 bridgehead atoms. The molecule has 0 fully saturated rings. The zero-order valence-corrected chi connectivity index (χ0v) is 10.7. The van der Waals surface area contributed by atoms with Crippen molar-refractivity contribution < 1.29 is 19.5 Å². The fourth-order valence-electron chi connectivity index (χ4n) is 1.48. The SMILES string of the molecule is NC(=O)CC(NC(=O)Cc1cccc(Cl)c1)C(=O)O. The maximum atomic E-state index is 11.7. The van der Waals surface area contributed by atoms with Gasteiger partial charge >= 0.3 is 5.97 Å². The van der Waals surface area contributed by atoms with E-state index in [2.05, 4.69) is 5.32 Å². The van der Waals surface area contributed by atoms with Crippen molar-refractivity contribution in [1.82, 2.24) is 5.32 Å². The van der Waals surface area contributed by atoms with Gasteiger partial charge in [-0.2, -0.15) is 0 Å². The molecule has 0 heterocycles. The second-order valence-corrected chi connectivity index (χ2v) is 4.37. The highest BCUT2D eigenvalue weighted by atomic mass is 35.5. The van der Waals surface area contributed by atoms with Crippen LogP contribution < -0.4 is 11.1 Å². The van der Waals surface area contributed by atoms with Crippen LogP contribution in [0.25, 0.3) is 0 Å². The molecule has 1 rings (SSSR count). The Labute approximate surface area is 114 Å². The quantitative estimate of drug-likeness (QED) is 0.699. The minimum Gasteiger partial charge on any atom is -0.480 e. The number of nitrogens with two attached hydrogens (primary N) is 1. The molecule has 19 heavy (non-hydrogen) atoms. The Balaban J connectivity index is 2.62. The van der Waals surface area contributed by atoms with Crippen molar-refractivity contribution in [3.05, 3.63) is 34.9 Å². The van der Waals surface area contributed by atoms with Gasteiger partial charge in [0.1, 0.15) is 6.04 Å². The number of rotatable bonds is 6. The largest absolute Gasteiger partial charge is 0.480 e. The molecule has 0 saturated heterocycles. The summed E-state index contributed by atoms with van der Waals surface area (Å²) in [6, 6.07) is 5.32. The van der Waals surface area contributed by atoms with E-state index >= 15 is 0 Å². The van der Waals surface area contributed by atoms with Crippen molar-refractivity contribution >= 4 is 29.4 Å². The van der Waals surface area contributed by atoms with Crippen molar-refractivity contribution in [1.29, 1.82) is 0 Å². The van der Waals surface area contributed by atoms with Crippen LogP contribution in [0.4, 0.5) is 0 Å². The van der Waals surface area contributed by atoms with Gasteiger partial charge in [0.15, 0.2) is 0 Å². The fraction of sp³-hybridized carbons (Fsp3) is 0.250. The molecule has 1 atom stereocenters. The van der Waals surface area contributed by atoms with Gasteiger partial charge in [-0.3, -0.25) is 9.59 Å². The van der Waals surface area contributed by atoms with Crippen molar-refractivity contribution in [3.63, 3.8) is 0 Å². The Morgan fingerprint density at radius 1 is 1.37 bits per heavy atom. The minimum atomic E-state index is -1.32. The van der Waals surface area contributed by atoms with Gasteiger partial charge < -0.3 is 16.2 Å². The van der Waals surface area contributed by atoms with Crippen LogP contribution in [-0.2, 0) is 20.8 Å². The Morgan fingerprint density at radius 3 is 2.58 bits per heavy atom. The molecule has 6 nitrogen and oxygen atoms in total. The maximum Gasteiger partial charge on any atom is 0.326 e. The molecule has 0 aliphatic carbocycles. The Kier molecular flexibility index (Phi) is 5.32. The number of hydrogen-bond acceptors (Lipinski definition) is 3. The Morgan fingerprint density at radius 2 is 2.05 bits per heavy atom. The summed E-state index contributed by atoms with van der Waals surface area (Å²) < 4.78 is 0. The number of carbonyl (C=O) groups excluding carboxylic acids is 2. The summed E-state index contributed by atoms with van der Waals surface area (Å²) in [6.07, 6.45) is -0.472. The molecule has 1 aromatic rings. The van der Waals surface area contributed by atoms with Crippen molar-refractivity contribution in [2.24, 2.45) is 5.73 Å². The van der Waals surface area contributed by atoms with Gasteiger partial charge in [0.2, 0.25) is 11.8 Å². The summed E-state index contributed by atoms with van der Waals surface area (Å²) in [6.45, 7) is 0. The molecule has 7 heteroatoms. The zero-order valence-electron chi connectivity index (χ0n) is 9.93. The number of nitrogens with one attached hydrogen (secondary N) is 1. The summed E-state index contributed by atoms with van der Waals surface area (Å²) in [7, 11) is 0. The van der Waals surface area contributed by atoms with E-state index < -0.39 is 30.2 Å². The molecule has 4 N–H and O–H groups in total. The highest BCUT2D eigenvalue weighted by Crippen LogP contribution is 2.11. The molecule has 0 radical (unpaired) electrons. The first-order valence-corrected chi connectivity index (χ1v) is 5.81. The lowest BCUT2D eigenvalue weighted by atomic mass is 10.1. The van der Waals surface area contributed by atoms with Crippen LogP contribution in [0.1, 0.15) is 12.0 Å². The topological polar surface area (TPSA) is 109 Å². The van der Waals surface area contributed by atoms with Crippen molar-refractivity contribution in [2.45, 2.75) is 18.9 Å². The van der Waals surface area contributed by atoms with Crippen molar-refractivity contribution in [3.8, 4) is 0 Å². The molecule has 0 saturated carbocycles. The smallest absolute Gasteiger partial charge is 0.326 e. The molecule has 1 unspecified atom stereocenters. The van der Waals surface area contributed by atoms with Gasteiger partial charge in [0.05, 0.1) is 12.8 Å². The van der Waals surface area contributed by atoms with E-state index in [1.54, 1.807) is 24.3 Å². The van der Waals surface area contributed by atoms with Gasteiger partial charge in [0, 0.05) is 5.02 Å². The average molecular weight is 285 g/mol. The number of benzene rings is 1. The van der Waals surface area contributed by atoms with Crippen LogP contribution >= 0.6 is 11.6 Å². The Hall–Kier alpha value is -2.08. The number of carboxylic acid groups (broad SMARTS) is 1. The number of carbonyl (C=O) groups is 3. The predicted octanol–water partition coefficient (Wildman–Crippen LogP) is 0.327. The molecule has 102 valence electrons. The molecule has 0 spiro atoms. The second kappa shape index (κ2) is 6.75. The first kappa shape index (κ1) is 15.0. The number of aliphatic carboxylic acids is 1. The van der Waals surface area contributed by atoms with Crippen LogP contribution in [0.15, 0.2) is 24.3 Å². The summed E-state index contributed by atoms with van der Waals surface area (Å²) in [4.78, 5) is 33.2. The molecule has 0 aliphatic heterocycles. The number of amides is 2. The Bertz CT molecular complexity index is 504. The van der Waals surface area contributed by atoms with Gasteiger partial charge in [-0.1, -0.05) is 23.7 Å².